The van der Waals surface area contributed by atoms with Gasteiger partial charge in [0.2, 0.25) is 5.91 Å². The molecule has 1 N–H and O–H groups in total. The van der Waals surface area contributed by atoms with Gasteiger partial charge in [0, 0.05) is 10.9 Å². The van der Waals surface area contributed by atoms with Crippen LogP contribution in [-0.4, -0.2) is 30.8 Å². The molecule has 22 heavy (non-hydrogen) atoms. The summed E-state index contributed by atoms with van der Waals surface area (Å²) in [5.41, 5.74) is 0.511. The van der Waals surface area contributed by atoms with E-state index in [1.165, 1.54) is 44.6 Å². The third kappa shape index (κ3) is 5.05. The number of hydrogen-bond donors (Lipinski definition) is 1. The summed E-state index contributed by atoms with van der Waals surface area (Å²) in [6, 6.07) is 7.53. The van der Waals surface area contributed by atoms with Gasteiger partial charge in [-0.2, -0.15) is 0 Å². The lowest BCUT2D eigenvalue weighted by Crippen LogP contribution is -2.35. The van der Waals surface area contributed by atoms with Crippen molar-refractivity contribution in [2.75, 3.05) is 12.9 Å². The van der Waals surface area contributed by atoms with Crippen LogP contribution in [0.3, 0.4) is 0 Å². The molecule has 1 aromatic rings. The fraction of sp³-hybridized carbons (Fsp3) is 0.529. The predicted octanol–water partition coefficient (Wildman–Crippen LogP) is 3.40. The van der Waals surface area contributed by atoms with Gasteiger partial charge in [0.25, 0.3) is 0 Å². The van der Waals surface area contributed by atoms with Crippen molar-refractivity contribution >= 4 is 23.6 Å². The molecule has 0 bridgehead atoms. The van der Waals surface area contributed by atoms with Crippen LogP contribution < -0.4 is 5.32 Å². The van der Waals surface area contributed by atoms with E-state index in [-0.39, 0.29) is 11.9 Å². The molecule has 0 aliphatic heterocycles. The highest BCUT2D eigenvalue weighted by molar-refractivity contribution is 8.00. The molecule has 1 amide bonds. The number of esters is 1. The van der Waals surface area contributed by atoms with Gasteiger partial charge in [-0.05, 0) is 25.0 Å². The minimum atomic E-state index is -0.368. The van der Waals surface area contributed by atoms with Crippen molar-refractivity contribution in [3.8, 4) is 0 Å². The summed E-state index contributed by atoms with van der Waals surface area (Å²) in [6.45, 7) is 0. The zero-order chi connectivity index (χ0) is 15.8. The first-order valence-electron chi connectivity index (χ1n) is 7.80. The highest BCUT2D eigenvalue weighted by Gasteiger charge is 2.16. The average Bonchev–Trinajstić information content (AvgIpc) is 2.81. The van der Waals surface area contributed by atoms with Crippen LogP contribution in [-0.2, 0) is 9.53 Å². The fourth-order valence-electron chi connectivity index (χ4n) is 2.71. The van der Waals surface area contributed by atoms with Crippen LogP contribution in [0.4, 0.5) is 0 Å². The number of rotatable bonds is 5. The molecule has 0 spiro atoms. The Morgan fingerprint density at radius 1 is 1.18 bits per heavy atom. The Hall–Kier alpha value is -1.49. The van der Waals surface area contributed by atoms with Crippen molar-refractivity contribution in [2.45, 2.75) is 49.5 Å². The van der Waals surface area contributed by atoms with Gasteiger partial charge in [0.05, 0.1) is 18.4 Å². The number of benzene rings is 1. The Morgan fingerprint density at radius 2 is 1.86 bits per heavy atom. The molecule has 1 aromatic carbocycles. The second-order valence-electron chi connectivity index (χ2n) is 5.53. The minimum absolute atomic E-state index is 0.0385. The maximum atomic E-state index is 12.1. The smallest absolute Gasteiger partial charge is 0.338 e. The first-order valence-corrected chi connectivity index (χ1v) is 8.79. The number of hydrogen-bond acceptors (Lipinski definition) is 4. The third-order valence-electron chi connectivity index (χ3n) is 3.87. The number of amides is 1. The van der Waals surface area contributed by atoms with E-state index in [0.29, 0.717) is 17.4 Å². The second kappa shape index (κ2) is 8.83. The monoisotopic (exact) mass is 321 g/mol. The van der Waals surface area contributed by atoms with Crippen molar-refractivity contribution in [3.05, 3.63) is 29.8 Å². The summed E-state index contributed by atoms with van der Waals surface area (Å²) in [7, 11) is 1.36. The van der Waals surface area contributed by atoms with Crippen LogP contribution >= 0.6 is 11.8 Å². The molecule has 5 heteroatoms. The molecule has 0 saturated heterocycles. The Morgan fingerprint density at radius 3 is 2.55 bits per heavy atom. The molecule has 1 fully saturated rings. The zero-order valence-electron chi connectivity index (χ0n) is 13.0. The van der Waals surface area contributed by atoms with Gasteiger partial charge in [-0.15, -0.1) is 11.8 Å². The molecule has 4 nitrogen and oxygen atoms in total. The van der Waals surface area contributed by atoms with Gasteiger partial charge in [0.1, 0.15) is 0 Å². The highest BCUT2D eigenvalue weighted by atomic mass is 32.2. The lowest BCUT2D eigenvalue weighted by atomic mass is 10.1. The van der Waals surface area contributed by atoms with Crippen LogP contribution in [0.1, 0.15) is 48.9 Å². The summed E-state index contributed by atoms with van der Waals surface area (Å²) in [5, 5.41) is 3.12. The predicted molar refractivity (Wildman–Crippen MR) is 88.1 cm³/mol. The number of carbonyl (C=O) groups is 2. The van der Waals surface area contributed by atoms with Gasteiger partial charge in [0.15, 0.2) is 0 Å². The largest absolute Gasteiger partial charge is 0.465 e. The molecule has 0 unspecified atom stereocenters. The van der Waals surface area contributed by atoms with E-state index in [4.69, 9.17) is 4.74 Å². The Labute approximate surface area is 136 Å². The molecule has 120 valence electrons. The summed E-state index contributed by atoms with van der Waals surface area (Å²) >= 11 is 1.38. The van der Waals surface area contributed by atoms with Gasteiger partial charge in [-0.3, -0.25) is 4.79 Å². The Bertz CT molecular complexity index is 510. The van der Waals surface area contributed by atoms with Gasteiger partial charge in [-0.25, -0.2) is 4.79 Å². The second-order valence-corrected chi connectivity index (χ2v) is 6.55. The maximum absolute atomic E-state index is 12.1. The van der Waals surface area contributed by atoms with E-state index in [1.807, 2.05) is 12.1 Å². The van der Waals surface area contributed by atoms with Crippen LogP contribution in [0.5, 0.6) is 0 Å². The molecular formula is C17H23NO3S. The molecule has 1 aliphatic rings. The zero-order valence-corrected chi connectivity index (χ0v) is 13.8. The lowest BCUT2D eigenvalue weighted by Gasteiger charge is -2.16. The van der Waals surface area contributed by atoms with E-state index in [0.717, 1.165) is 17.7 Å². The number of methoxy groups -OCH3 is 1. The van der Waals surface area contributed by atoms with Crippen molar-refractivity contribution in [1.29, 1.82) is 0 Å². The molecule has 0 aromatic heterocycles. The number of nitrogens with one attached hydrogen (secondary N) is 1. The van der Waals surface area contributed by atoms with Crippen LogP contribution in [0.15, 0.2) is 29.2 Å². The standard InChI is InChI=1S/C17H23NO3S/c1-21-17(20)14-10-6-7-11-15(14)22-12-16(19)18-13-8-4-2-3-5-9-13/h6-7,10-11,13H,2-5,8-9,12H2,1H3,(H,18,19). The van der Waals surface area contributed by atoms with Crippen molar-refractivity contribution in [1.82, 2.24) is 5.32 Å². The third-order valence-corrected chi connectivity index (χ3v) is 4.94. The van der Waals surface area contributed by atoms with E-state index >= 15 is 0 Å². The average molecular weight is 321 g/mol. The van der Waals surface area contributed by atoms with E-state index in [2.05, 4.69) is 5.32 Å². The molecule has 0 heterocycles. The minimum Gasteiger partial charge on any atom is -0.465 e. The number of carbonyl (C=O) groups excluding carboxylic acids is 2. The summed E-state index contributed by atoms with van der Waals surface area (Å²) in [5.74, 6) is -0.00586. The maximum Gasteiger partial charge on any atom is 0.338 e. The molecule has 0 atom stereocenters. The normalized spacial score (nSPS) is 15.9. The molecule has 1 saturated carbocycles. The van der Waals surface area contributed by atoms with Crippen LogP contribution in [0.25, 0.3) is 0 Å². The number of ether oxygens (including phenoxy) is 1. The quantitative estimate of drug-likeness (QED) is 0.513. The SMILES string of the molecule is COC(=O)c1ccccc1SCC(=O)NC1CCCCCC1. The van der Waals surface area contributed by atoms with Gasteiger partial charge in [-0.1, -0.05) is 37.8 Å². The number of thioether (sulfide) groups is 1. The van der Waals surface area contributed by atoms with Crippen molar-refractivity contribution in [3.63, 3.8) is 0 Å². The van der Waals surface area contributed by atoms with E-state index in [1.54, 1.807) is 12.1 Å². The molecule has 0 radical (unpaired) electrons. The molecule has 2 rings (SSSR count). The summed E-state index contributed by atoms with van der Waals surface area (Å²) < 4.78 is 4.77. The topological polar surface area (TPSA) is 55.4 Å². The van der Waals surface area contributed by atoms with Crippen molar-refractivity contribution < 1.29 is 14.3 Å². The molecule has 1 aliphatic carbocycles. The first-order chi connectivity index (χ1) is 10.7. The van der Waals surface area contributed by atoms with E-state index in [9.17, 15) is 9.59 Å². The Kier molecular flexibility index (Phi) is 6.77. The highest BCUT2D eigenvalue weighted by Crippen LogP contribution is 2.23. The fourth-order valence-corrected chi connectivity index (χ4v) is 3.56. The lowest BCUT2D eigenvalue weighted by molar-refractivity contribution is -0.119. The first kappa shape index (κ1) is 16.9. The van der Waals surface area contributed by atoms with Crippen LogP contribution in [0.2, 0.25) is 0 Å². The van der Waals surface area contributed by atoms with Crippen LogP contribution in [0, 0.1) is 0 Å². The van der Waals surface area contributed by atoms with Gasteiger partial charge < -0.3 is 10.1 Å². The molecular weight excluding hydrogens is 298 g/mol. The van der Waals surface area contributed by atoms with E-state index < -0.39 is 0 Å². The Balaban J connectivity index is 1.87. The van der Waals surface area contributed by atoms with Gasteiger partial charge >= 0.3 is 5.97 Å². The summed E-state index contributed by atoms with van der Waals surface area (Å²) in [6.07, 6.45) is 7.10. The summed E-state index contributed by atoms with van der Waals surface area (Å²) in [4.78, 5) is 24.6. The van der Waals surface area contributed by atoms with Crippen molar-refractivity contribution in [2.24, 2.45) is 0 Å².